The van der Waals surface area contributed by atoms with Gasteiger partial charge in [0.05, 0.1) is 0 Å². The highest BCUT2D eigenvalue weighted by Gasteiger charge is 2.37. The highest BCUT2D eigenvalue weighted by molar-refractivity contribution is 5.99. The van der Waals surface area contributed by atoms with E-state index < -0.39 is 0 Å². The predicted molar refractivity (Wildman–Crippen MR) is 68.6 cm³/mol. The molecule has 1 N–H and O–H groups in total. The van der Waals surface area contributed by atoms with Gasteiger partial charge in [0.2, 0.25) is 5.91 Å². The van der Waals surface area contributed by atoms with Crippen LogP contribution in [-0.2, 0) is 4.79 Å². The van der Waals surface area contributed by atoms with Crippen LogP contribution in [0.4, 0.5) is 5.69 Å². The van der Waals surface area contributed by atoms with Crippen LogP contribution in [0.15, 0.2) is 24.3 Å². The van der Waals surface area contributed by atoms with Gasteiger partial charge in [0, 0.05) is 36.2 Å². The zero-order valence-corrected chi connectivity index (χ0v) is 10.6. The van der Waals surface area contributed by atoms with Crippen molar-refractivity contribution >= 4 is 17.4 Å². The van der Waals surface area contributed by atoms with Gasteiger partial charge in [-0.15, -0.1) is 0 Å². The summed E-state index contributed by atoms with van der Waals surface area (Å²) < 4.78 is 0. The standard InChI is InChI=1S/C14H17NO3/c1-9-12(8-16)7-14(18)15(9)13-5-3-4-11(6-13)10(2)17/h3-6,9,12,16H,7-8H2,1-2H3. The number of carbonyl (C=O) groups is 2. The maximum absolute atomic E-state index is 12.0. The summed E-state index contributed by atoms with van der Waals surface area (Å²) in [6, 6.07) is 7.03. The molecule has 0 aromatic heterocycles. The Morgan fingerprint density at radius 3 is 2.78 bits per heavy atom. The highest BCUT2D eigenvalue weighted by atomic mass is 16.3. The fourth-order valence-corrected chi connectivity index (χ4v) is 2.40. The second kappa shape index (κ2) is 4.90. The van der Waals surface area contributed by atoms with Crippen molar-refractivity contribution in [2.24, 2.45) is 5.92 Å². The second-order valence-electron chi connectivity index (χ2n) is 4.76. The Bertz CT molecular complexity index is 484. The molecule has 0 radical (unpaired) electrons. The monoisotopic (exact) mass is 247 g/mol. The largest absolute Gasteiger partial charge is 0.396 e. The van der Waals surface area contributed by atoms with Gasteiger partial charge in [-0.05, 0) is 26.0 Å². The topological polar surface area (TPSA) is 57.6 Å². The predicted octanol–water partition coefficient (Wildman–Crippen LogP) is 1.62. The maximum atomic E-state index is 12.0. The zero-order chi connectivity index (χ0) is 13.3. The Labute approximate surface area is 106 Å². The van der Waals surface area contributed by atoms with Gasteiger partial charge in [-0.25, -0.2) is 0 Å². The molecule has 1 aliphatic rings. The number of amides is 1. The lowest BCUT2D eigenvalue weighted by atomic mass is 10.0. The van der Waals surface area contributed by atoms with Gasteiger partial charge in [-0.2, -0.15) is 0 Å². The van der Waals surface area contributed by atoms with Gasteiger partial charge in [0.1, 0.15) is 0 Å². The van der Waals surface area contributed by atoms with Crippen molar-refractivity contribution in [2.45, 2.75) is 26.3 Å². The Hall–Kier alpha value is -1.68. The van der Waals surface area contributed by atoms with Crippen LogP contribution in [0.2, 0.25) is 0 Å². The summed E-state index contributed by atoms with van der Waals surface area (Å²) in [7, 11) is 0. The minimum absolute atomic E-state index is 0.00209. The van der Waals surface area contributed by atoms with Crippen LogP contribution >= 0.6 is 0 Å². The summed E-state index contributed by atoms with van der Waals surface area (Å²) in [5.41, 5.74) is 1.33. The van der Waals surface area contributed by atoms with Gasteiger partial charge in [0.25, 0.3) is 0 Å². The number of hydrogen-bond acceptors (Lipinski definition) is 3. The number of benzene rings is 1. The minimum Gasteiger partial charge on any atom is -0.396 e. The molecule has 1 aromatic rings. The molecule has 0 aliphatic carbocycles. The van der Waals surface area contributed by atoms with E-state index in [0.717, 1.165) is 5.69 Å². The van der Waals surface area contributed by atoms with Crippen LogP contribution in [0.25, 0.3) is 0 Å². The third kappa shape index (κ3) is 2.16. The fraction of sp³-hybridized carbons (Fsp3) is 0.429. The molecule has 18 heavy (non-hydrogen) atoms. The Kier molecular flexibility index (Phi) is 3.48. The van der Waals surface area contributed by atoms with E-state index in [2.05, 4.69) is 0 Å². The van der Waals surface area contributed by atoms with Crippen LogP contribution in [-0.4, -0.2) is 29.4 Å². The van der Waals surface area contributed by atoms with Crippen molar-refractivity contribution < 1.29 is 14.7 Å². The molecule has 2 atom stereocenters. The van der Waals surface area contributed by atoms with Crippen LogP contribution in [0.1, 0.15) is 30.6 Å². The number of anilines is 1. The molecule has 2 unspecified atom stereocenters. The molecule has 2 rings (SSSR count). The molecule has 1 aromatic carbocycles. The molecule has 1 saturated heterocycles. The van der Waals surface area contributed by atoms with Gasteiger partial charge >= 0.3 is 0 Å². The van der Waals surface area contributed by atoms with E-state index in [0.29, 0.717) is 12.0 Å². The van der Waals surface area contributed by atoms with Crippen molar-refractivity contribution in [3.8, 4) is 0 Å². The third-order valence-electron chi connectivity index (χ3n) is 3.56. The van der Waals surface area contributed by atoms with E-state index >= 15 is 0 Å². The van der Waals surface area contributed by atoms with E-state index in [1.165, 1.54) is 6.92 Å². The van der Waals surface area contributed by atoms with Crippen molar-refractivity contribution in [1.82, 2.24) is 0 Å². The van der Waals surface area contributed by atoms with E-state index in [4.69, 9.17) is 0 Å². The maximum Gasteiger partial charge on any atom is 0.227 e. The molecular formula is C14H17NO3. The fourth-order valence-electron chi connectivity index (χ4n) is 2.40. The van der Waals surface area contributed by atoms with E-state index in [9.17, 15) is 14.7 Å². The number of rotatable bonds is 3. The van der Waals surface area contributed by atoms with Crippen LogP contribution in [0.5, 0.6) is 0 Å². The van der Waals surface area contributed by atoms with Crippen LogP contribution in [0.3, 0.4) is 0 Å². The van der Waals surface area contributed by atoms with E-state index in [-0.39, 0.29) is 30.3 Å². The first-order valence-corrected chi connectivity index (χ1v) is 6.08. The number of ketones is 1. The molecule has 0 bridgehead atoms. The average Bonchev–Trinajstić information content (AvgIpc) is 2.64. The zero-order valence-electron chi connectivity index (χ0n) is 10.6. The van der Waals surface area contributed by atoms with Gasteiger partial charge in [-0.3, -0.25) is 9.59 Å². The molecular weight excluding hydrogens is 230 g/mol. The van der Waals surface area contributed by atoms with Crippen LogP contribution < -0.4 is 4.90 Å². The minimum atomic E-state index is -0.0373. The molecule has 1 aliphatic heterocycles. The lowest BCUT2D eigenvalue weighted by Crippen LogP contribution is -2.33. The van der Waals surface area contributed by atoms with E-state index in [1.54, 1.807) is 23.1 Å². The highest BCUT2D eigenvalue weighted by Crippen LogP contribution is 2.30. The number of hydrogen-bond donors (Lipinski definition) is 1. The lowest BCUT2D eigenvalue weighted by molar-refractivity contribution is -0.117. The van der Waals surface area contributed by atoms with Gasteiger partial charge in [-0.1, -0.05) is 12.1 Å². The Balaban J connectivity index is 2.34. The Morgan fingerprint density at radius 2 is 2.22 bits per heavy atom. The number of aliphatic hydroxyl groups excluding tert-OH is 1. The molecule has 1 heterocycles. The number of carbonyl (C=O) groups excluding carboxylic acids is 2. The molecule has 0 saturated carbocycles. The van der Waals surface area contributed by atoms with E-state index in [1.807, 2.05) is 13.0 Å². The van der Waals surface area contributed by atoms with Crippen molar-refractivity contribution in [1.29, 1.82) is 0 Å². The summed E-state index contributed by atoms with van der Waals surface area (Å²) in [6.07, 6.45) is 0.363. The first-order valence-electron chi connectivity index (χ1n) is 6.08. The number of nitrogens with zero attached hydrogens (tertiary/aromatic N) is 1. The first-order chi connectivity index (χ1) is 8.54. The normalized spacial score (nSPS) is 23.5. The molecule has 4 nitrogen and oxygen atoms in total. The molecule has 4 heteroatoms. The Morgan fingerprint density at radius 1 is 1.50 bits per heavy atom. The molecule has 96 valence electrons. The number of Topliss-reactive ketones (excluding diaryl/α,β-unsaturated/α-hetero) is 1. The van der Waals surface area contributed by atoms with Crippen molar-refractivity contribution in [3.63, 3.8) is 0 Å². The summed E-state index contributed by atoms with van der Waals surface area (Å²) in [5, 5.41) is 9.23. The summed E-state index contributed by atoms with van der Waals surface area (Å²) in [6.45, 7) is 3.44. The molecule has 1 amide bonds. The first kappa shape index (κ1) is 12.8. The summed E-state index contributed by atoms with van der Waals surface area (Å²) in [4.78, 5) is 25.0. The van der Waals surface area contributed by atoms with Crippen LogP contribution in [0, 0.1) is 5.92 Å². The van der Waals surface area contributed by atoms with Crippen molar-refractivity contribution in [3.05, 3.63) is 29.8 Å². The average molecular weight is 247 g/mol. The molecule has 1 fully saturated rings. The SMILES string of the molecule is CC(=O)c1cccc(N2C(=O)CC(CO)C2C)c1. The smallest absolute Gasteiger partial charge is 0.227 e. The summed E-state index contributed by atoms with van der Waals surface area (Å²) in [5.74, 6) is -0.0457. The number of aliphatic hydroxyl groups is 1. The third-order valence-corrected chi connectivity index (χ3v) is 3.56. The van der Waals surface area contributed by atoms with Gasteiger partial charge < -0.3 is 10.0 Å². The quantitative estimate of drug-likeness (QED) is 0.826. The second-order valence-corrected chi connectivity index (χ2v) is 4.76. The summed E-state index contributed by atoms with van der Waals surface area (Å²) >= 11 is 0. The lowest BCUT2D eigenvalue weighted by Gasteiger charge is -2.24. The molecule has 0 spiro atoms. The van der Waals surface area contributed by atoms with Gasteiger partial charge in [0.15, 0.2) is 5.78 Å². The van der Waals surface area contributed by atoms with Crippen molar-refractivity contribution in [2.75, 3.05) is 11.5 Å².